The molecule has 2 N–H and O–H groups in total. The molecular formula is C19H24N2O3. The number of aliphatic carboxylic acids is 1. The second kappa shape index (κ2) is 7.51. The van der Waals surface area contributed by atoms with Crippen LogP contribution < -0.4 is 0 Å². The third-order valence-electron chi connectivity index (χ3n) is 4.92. The summed E-state index contributed by atoms with van der Waals surface area (Å²) in [7, 11) is 0. The van der Waals surface area contributed by atoms with E-state index in [0.717, 1.165) is 31.3 Å². The summed E-state index contributed by atoms with van der Waals surface area (Å²) >= 11 is 0. The number of benzene rings is 1. The minimum Gasteiger partial charge on any atom is -0.481 e. The smallest absolute Gasteiger partial charge is 0.303 e. The van der Waals surface area contributed by atoms with E-state index in [9.17, 15) is 9.59 Å². The topological polar surface area (TPSA) is 73.4 Å². The predicted octanol–water partition coefficient (Wildman–Crippen LogP) is 3.20. The number of carboxylic acids is 1. The van der Waals surface area contributed by atoms with E-state index < -0.39 is 5.97 Å². The number of aromatic amines is 1. The fraction of sp³-hybridized carbons (Fsp3) is 0.474. The van der Waals surface area contributed by atoms with Crippen molar-refractivity contribution in [3.63, 3.8) is 0 Å². The molecule has 2 aromatic rings. The van der Waals surface area contributed by atoms with Crippen molar-refractivity contribution in [1.82, 2.24) is 9.88 Å². The van der Waals surface area contributed by atoms with Crippen LogP contribution in [-0.4, -0.2) is 40.0 Å². The SMILES string of the molecule is O=C(O)CC[C@@H]1CCCN(C(=O)CCc2c[nH]c3ccccc23)C1. The van der Waals surface area contributed by atoms with Crippen LogP contribution in [0.1, 0.15) is 37.7 Å². The van der Waals surface area contributed by atoms with Crippen molar-refractivity contribution >= 4 is 22.8 Å². The number of carbonyl (C=O) groups is 2. The van der Waals surface area contributed by atoms with Gasteiger partial charge in [-0.1, -0.05) is 18.2 Å². The van der Waals surface area contributed by atoms with Gasteiger partial charge in [0, 0.05) is 43.0 Å². The van der Waals surface area contributed by atoms with Gasteiger partial charge in [-0.15, -0.1) is 0 Å². The third kappa shape index (κ3) is 3.96. The van der Waals surface area contributed by atoms with E-state index in [-0.39, 0.29) is 12.3 Å². The van der Waals surface area contributed by atoms with Crippen molar-refractivity contribution in [3.05, 3.63) is 36.0 Å². The molecular weight excluding hydrogens is 304 g/mol. The summed E-state index contributed by atoms with van der Waals surface area (Å²) in [6.07, 6.45) is 6.10. The van der Waals surface area contributed by atoms with Crippen molar-refractivity contribution < 1.29 is 14.7 Å². The van der Waals surface area contributed by atoms with Gasteiger partial charge in [-0.2, -0.15) is 0 Å². The van der Waals surface area contributed by atoms with E-state index >= 15 is 0 Å². The van der Waals surface area contributed by atoms with Crippen LogP contribution in [0, 0.1) is 5.92 Å². The summed E-state index contributed by atoms with van der Waals surface area (Å²) in [4.78, 5) is 28.4. The molecule has 1 amide bonds. The lowest BCUT2D eigenvalue weighted by Gasteiger charge is -2.32. The van der Waals surface area contributed by atoms with Crippen LogP contribution in [0.5, 0.6) is 0 Å². The second-order valence-corrected chi connectivity index (χ2v) is 6.64. The van der Waals surface area contributed by atoms with Gasteiger partial charge in [-0.05, 0) is 43.2 Å². The molecule has 1 fully saturated rings. The monoisotopic (exact) mass is 328 g/mol. The number of fused-ring (bicyclic) bond motifs is 1. The van der Waals surface area contributed by atoms with Gasteiger partial charge >= 0.3 is 5.97 Å². The quantitative estimate of drug-likeness (QED) is 0.855. The molecule has 0 spiro atoms. The van der Waals surface area contributed by atoms with Gasteiger partial charge in [0.15, 0.2) is 0 Å². The molecule has 2 heterocycles. The van der Waals surface area contributed by atoms with Crippen LogP contribution in [0.4, 0.5) is 0 Å². The molecule has 5 nitrogen and oxygen atoms in total. The molecule has 0 unspecified atom stereocenters. The number of para-hydroxylation sites is 1. The largest absolute Gasteiger partial charge is 0.481 e. The van der Waals surface area contributed by atoms with Crippen molar-refractivity contribution in [2.24, 2.45) is 5.92 Å². The lowest BCUT2D eigenvalue weighted by atomic mass is 9.93. The number of aromatic nitrogens is 1. The number of aryl methyl sites for hydroxylation is 1. The maximum absolute atomic E-state index is 12.5. The molecule has 24 heavy (non-hydrogen) atoms. The highest BCUT2D eigenvalue weighted by atomic mass is 16.4. The maximum atomic E-state index is 12.5. The van der Waals surface area contributed by atoms with E-state index in [2.05, 4.69) is 11.1 Å². The summed E-state index contributed by atoms with van der Waals surface area (Å²) in [5, 5.41) is 10.00. The lowest BCUT2D eigenvalue weighted by molar-refractivity contribution is -0.137. The summed E-state index contributed by atoms with van der Waals surface area (Å²) < 4.78 is 0. The molecule has 0 bridgehead atoms. The molecule has 1 atom stereocenters. The number of amides is 1. The molecule has 128 valence electrons. The number of hydrogen-bond donors (Lipinski definition) is 2. The standard InChI is InChI=1S/C19H24N2O3/c22-18(21-11-3-4-14(13-21)7-10-19(23)24)9-8-15-12-20-17-6-2-1-5-16(15)17/h1-2,5-6,12,14,20H,3-4,7-11,13H2,(H,23,24)/t14-/m0/s1. The van der Waals surface area contributed by atoms with Crippen molar-refractivity contribution in [3.8, 4) is 0 Å². The van der Waals surface area contributed by atoms with Crippen LogP contribution in [0.15, 0.2) is 30.5 Å². The van der Waals surface area contributed by atoms with Crippen LogP contribution in [0.3, 0.4) is 0 Å². The molecule has 1 saturated heterocycles. The number of likely N-dealkylation sites (tertiary alicyclic amines) is 1. The zero-order chi connectivity index (χ0) is 16.9. The molecule has 5 heteroatoms. The number of piperidine rings is 1. The Morgan fingerprint density at radius 2 is 2.08 bits per heavy atom. The van der Waals surface area contributed by atoms with Crippen LogP contribution in [0.2, 0.25) is 0 Å². The Labute approximate surface area is 141 Å². The first-order valence-corrected chi connectivity index (χ1v) is 8.68. The Hall–Kier alpha value is -2.30. The highest BCUT2D eigenvalue weighted by molar-refractivity contribution is 5.84. The van der Waals surface area contributed by atoms with Gasteiger partial charge in [0.05, 0.1) is 0 Å². The molecule has 1 aromatic carbocycles. The molecule has 0 radical (unpaired) electrons. The molecule has 0 aliphatic carbocycles. The van der Waals surface area contributed by atoms with Crippen molar-refractivity contribution in [2.45, 2.75) is 38.5 Å². The first-order chi connectivity index (χ1) is 11.6. The minimum absolute atomic E-state index is 0.181. The number of rotatable bonds is 6. The number of carboxylic acid groups (broad SMARTS) is 1. The highest BCUT2D eigenvalue weighted by Crippen LogP contribution is 2.23. The van der Waals surface area contributed by atoms with Gasteiger partial charge in [-0.25, -0.2) is 0 Å². The molecule has 3 rings (SSSR count). The third-order valence-corrected chi connectivity index (χ3v) is 4.92. The van der Waals surface area contributed by atoms with Crippen LogP contribution in [-0.2, 0) is 16.0 Å². The van der Waals surface area contributed by atoms with Gasteiger partial charge in [0.25, 0.3) is 0 Å². The number of nitrogens with one attached hydrogen (secondary N) is 1. The van der Waals surface area contributed by atoms with Gasteiger partial charge in [0.1, 0.15) is 0 Å². The zero-order valence-corrected chi connectivity index (χ0v) is 13.8. The number of carbonyl (C=O) groups excluding carboxylic acids is 1. The predicted molar refractivity (Wildman–Crippen MR) is 92.8 cm³/mol. The fourth-order valence-corrected chi connectivity index (χ4v) is 3.59. The first kappa shape index (κ1) is 16.6. The summed E-state index contributed by atoms with van der Waals surface area (Å²) in [6, 6.07) is 8.13. The number of H-pyrrole nitrogens is 1. The Kier molecular flexibility index (Phi) is 5.18. The summed E-state index contributed by atoms with van der Waals surface area (Å²) in [5.74, 6) is -0.245. The van der Waals surface area contributed by atoms with E-state index in [0.29, 0.717) is 25.3 Å². The van der Waals surface area contributed by atoms with Crippen molar-refractivity contribution in [1.29, 1.82) is 0 Å². The van der Waals surface area contributed by atoms with Gasteiger partial charge in [-0.3, -0.25) is 9.59 Å². The number of nitrogens with zero attached hydrogens (tertiary/aromatic N) is 1. The molecule has 1 aromatic heterocycles. The Balaban J connectivity index is 1.53. The Morgan fingerprint density at radius 1 is 1.25 bits per heavy atom. The zero-order valence-electron chi connectivity index (χ0n) is 13.8. The van der Waals surface area contributed by atoms with Crippen LogP contribution in [0.25, 0.3) is 10.9 Å². The average molecular weight is 328 g/mol. The van der Waals surface area contributed by atoms with E-state index in [1.807, 2.05) is 29.3 Å². The normalized spacial score (nSPS) is 18.0. The fourth-order valence-electron chi connectivity index (χ4n) is 3.59. The van der Waals surface area contributed by atoms with Gasteiger partial charge < -0.3 is 15.0 Å². The van der Waals surface area contributed by atoms with E-state index in [4.69, 9.17) is 5.11 Å². The van der Waals surface area contributed by atoms with E-state index in [1.54, 1.807) is 0 Å². The average Bonchev–Trinajstić information content (AvgIpc) is 3.01. The van der Waals surface area contributed by atoms with Crippen molar-refractivity contribution in [2.75, 3.05) is 13.1 Å². The minimum atomic E-state index is -0.752. The van der Waals surface area contributed by atoms with Gasteiger partial charge in [0.2, 0.25) is 5.91 Å². The Bertz CT molecular complexity index is 722. The molecule has 1 aliphatic heterocycles. The lowest BCUT2D eigenvalue weighted by Crippen LogP contribution is -2.40. The van der Waals surface area contributed by atoms with Crippen LogP contribution >= 0.6 is 0 Å². The second-order valence-electron chi connectivity index (χ2n) is 6.64. The highest BCUT2D eigenvalue weighted by Gasteiger charge is 2.23. The maximum Gasteiger partial charge on any atom is 0.303 e. The summed E-state index contributed by atoms with van der Waals surface area (Å²) in [5.41, 5.74) is 2.28. The molecule has 1 aliphatic rings. The first-order valence-electron chi connectivity index (χ1n) is 8.68. The van der Waals surface area contributed by atoms with E-state index in [1.165, 1.54) is 10.9 Å². The number of hydrogen-bond acceptors (Lipinski definition) is 2. The summed E-state index contributed by atoms with van der Waals surface area (Å²) in [6.45, 7) is 1.51. The molecule has 0 saturated carbocycles. The Morgan fingerprint density at radius 3 is 2.92 bits per heavy atom.